The quantitative estimate of drug-likeness (QED) is 0.609. The molecule has 0 radical (unpaired) electrons. The van der Waals surface area contributed by atoms with Crippen LogP contribution in [0.5, 0.6) is 0 Å². The molecule has 90 valence electrons. The molecule has 1 fully saturated rings. The van der Waals surface area contributed by atoms with E-state index in [9.17, 15) is 4.79 Å². The molecule has 5 heteroatoms. The van der Waals surface area contributed by atoms with Gasteiger partial charge in [-0.1, -0.05) is 11.6 Å². The molecule has 0 amide bonds. The molecular weight excluding hydrogens is 240 g/mol. The molecule has 1 saturated heterocycles. The second kappa shape index (κ2) is 5.80. The Bertz CT molecular complexity index is 411. The minimum atomic E-state index is -0.117. The summed E-state index contributed by atoms with van der Waals surface area (Å²) in [4.78, 5) is 11.7. The summed E-state index contributed by atoms with van der Waals surface area (Å²) in [5.74, 6) is -0.117. The van der Waals surface area contributed by atoms with E-state index >= 15 is 0 Å². The summed E-state index contributed by atoms with van der Waals surface area (Å²) in [5.41, 5.74) is 0.589. The van der Waals surface area contributed by atoms with Crippen molar-refractivity contribution in [2.75, 3.05) is 26.3 Å². The highest BCUT2D eigenvalue weighted by Crippen LogP contribution is 2.09. The molecular formula is C12H13ClN2O2. The van der Waals surface area contributed by atoms with Gasteiger partial charge in [0.1, 0.15) is 0 Å². The van der Waals surface area contributed by atoms with Gasteiger partial charge in [0.25, 0.3) is 0 Å². The van der Waals surface area contributed by atoms with Crippen LogP contribution >= 0.6 is 11.6 Å². The van der Waals surface area contributed by atoms with Crippen LogP contribution in [0.25, 0.3) is 0 Å². The van der Waals surface area contributed by atoms with Crippen LogP contribution in [0.2, 0.25) is 5.02 Å². The van der Waals surface area contributed by atoms with Crippen molar-refractivity contribution in [3.05, 3.63) is 34.9 Å². The van der Waals surface area contributed by atoms with E-state index in [2.05, 4.69) is 5.10 Å². The molecule has 0 aliphatic carbocycles. The van der Waals surface area contributed by atoms with E-state index in [-0.39, 0.29) is 5.78 Å². The Labute approximate surface area is 105 Å². The fourth-order valence-corrected chi connectivity index (χ4v) is 1.62. The summed E-state index contributed by atoms with van der Waals surface area (Å²) in [7, 11) is 0. The summed E-state index contributed by atoms with van der Waals surface area (Å²) in [6.45, 7) is 2.77. The van der Waals surface area contributed by atoms with Crippen LogP contribution < -0.4 is 0 Å². The molecule has 0 bridgehead atoms. The van der Waals surface area contributed by atoms with E-state index in [1.165, 1.54) is 6.21 Å². The molecule has 0 atom stereocenters. The van der Waals surface area contributed by atoms with Crippen LogP contribution in [0.3, 0.4) is 0 Å². The maximum Gasteiger partial charge on any atom is 0.205 e. The number of carbonyl (C=O) groups is 1. The first-order valence-electron chi connectivity index (χ1n) is 5.42. The molecule has 1 aliphatic rings. The van der Waals surface area contributed by atoms with Crippen molar-refractivity contribution in [2.24, 2.45) is 5.10 Å². The molecule has 1 aromatic carbocycles. The summed E-state index contributed by atoms with van der Waals surface area (Å²) >= 11 is 5.75. The van der Waals surface area contributed by atoms with Crippen LogP contribution in [0.4, 0.5) is 0 Å². The number of hydrogen-bond acceptors (Lipinski definition) is 4. The van der Waals surface area contributed by atoms with E-state index in [0.29, 0.717) is 23.8 Å². The van der Waals surface area contributed by atoms with Gasteiger partial charge in [-0.05, 0) is 24.3 Å². The van der Waals surface area contributed by atoms with Crippen molar-refractivity contribution < 1.29 is 9.53 Å². The van der Waals surface area contributed by atoms with E-state index in [1.807, 2.05) is 5.01 Å². The number of hydrogen-bond donors (Lipinski definition) is 0. The second-order valence-electron chi connectivity index (χ2n) is 3.68. The number of rotatable bonds is 3. The summed E-state index contributed by atoms with van der Waals surface area (Å²) < 4.78 is 5.19. The van der Waals surface area contributed by atoms with E-state index in [4.69, 9.17) is 16.3 Å². The Hall–Kier alpha value is -1.39. The van der Waals surface area contributed by atoms with E-state index in [1.54, 1.807) is 24.3 Å². The lowest BCUT2D eigenvalue weighted by molar-refractivity contribution is 0.0395. The van der Waals surface area contributed by atoms with Gasteiger partial charge in [0.2, 0.25) is 5.78 Å². The predicted molar refractivity (Wildman–Crippen MR) is 66.7 cm³/mol. The average Bonchev–Trinajstić information content (AvgIpc) is 2.38. The number of ketones is 1. The van der Waals surface area contributed by atoms with Crippen LogP contribution in [0, 0.1) is 0 Å². The first kappa shape index (κ1) is 12.1. The standard InChI is InChI=1S/C12H13ClN2O2/c13-11-3-1-10(2-4-11)12(16)9-14-15-5-7-17-8-6-15/h1-4,9H,5-8H2/b14-9-. The van der Waals surface area contributed by atoms with Gasteiger partial charge in [0.15, 0.2) is 0 Å². The SMILES string of the molecule is O=C(/C=N\N1CCOCC1)c1ccc(Cl)cc1. The Kier molecular flexibility index (Phi) is 4.12. The zero-order valence-electron chi connectivity index (χ0n) is 9.30. The van der Waals surface area contributed by atoms with Crippen LogP contribution in [-0.2, 0) is 4.74 Å². The second-order valence-corrected chi connectivity index (χ2v) is 4.12. The van der Waals surface area contributed by atoms with Gasteiger partial charge in [-0.2, -0.15) is 5.10 Å². The van der Waals surface area contributed by atoms with E-state index in [0.717, 1.165) is 13.1 Å². The van der Waals surface area contributed by atoms with Gasteiger partial charge < -0.3 is 4.74 Å². The predicted octanol–water partition coefficient (Wildman–Crippen LogP) is 1.84. The molecule has 4 nitrogen and oxygen atoms in total. The van der Waals surface area contributed by atoms with Crippen molar-refractivity contribution >= 4 is 23.6 Å². The van der Waals surface area contributed by atoms with Crippen molar-refractivity contribution in [2.45, 2.75) is 0 Å². The third-order valence-corrected chi connectivity index (χ3v) is 2.71. The molecule has 0 unspecified atom stereocenters. The number of morpholine rings is 1. The summed E-state index contributed by atoms with van der Waals surface area (Å²) in [5, 5.41) is 6.58. The maximum absolute atomic E-state index is 11.7. The Morgan fingerprint density at radius 1 is 1.29 bits per heavy atom. The van der Waals surface area contributed by atoms with E-state index < -0.39 is 0 Å². The normalized spacial score (nSPS) is 16.4. The number of benzene rings is 1. The van der Waals surface area contributed by atoms with Crippen LogP contribution in [-0.4, -0.2) is 43.3 Å². The fraction of sp³-hybridized carbons (Fsp3) is 0.333. The molecule has 17 heavy (non-hydrogen) atoms. The smallest absolute Gasteiger partial charge is 0.205 e. The Balaban J connectivity index is 1.96. The number of ether oxygens (including phenoxy) is 1. The lowest BCUT2D eigenvalue weighted by atomic mass is 10.1. The topological polar surface area (TPSA) is 41.9 Å². The van der Waals surface area contributed by atoms with Gasteiger partial charge in [-0.15, -0.1) is 0 Å². The molecule has 0 N–H and O–H groups in total. The van der Waals surface area contributed by atoms with Crippen molar-refractivity contribution in [3.63, 3.8) is 0 Å². The highest BCUT2D eigenvalue weighted by Gasteiger charge is 2.08. The third-order valence-electron chi connectivity index (χ3n) is 2.45. The van der Waals surface area contributed by atoms with Gasteiger partial charge in [0.05, 0.1) is 32.5 Å². The lowest BCUT2D eigenvalue weighted by Gasteiger charge is -2.23. The Morgan fingerprint density at radius 2 is 1.94 bits per heavy atom. The first-order valence-corrected chi connectivity index (χ1v) is 5.80. The van der Waals surface area contributed by atoms with Crippen molar-refractivity contribution in [3.8, 4) is 0 Å². The van der Waals surface area contributed by atoms with Crippen molar-refractivity contribution in [1.29, 1.82) is 0 Å². The number of nitrogens with zero attached hydrogens (tertiary/aromatic N) is 2. The largest absolute Gasteiger partial charge is 0.378 e. The third kappa shape index (κ3) is 3.54. The minimum absolute atomic E-state index is 0.117. The monoisotopic (exact) mass is 252 g/mol. The molecule has 1 aliphatic heterocycles. The number of hydrazone groups is 1. The van der Waals surface area contributed by atoms with Gasteiger partial charge in [0, 0.05) is 10.6 Å². The molecule has 1 heterocycles. The lowest BCUT2D eigenvalue weighted by Crippen LogP contribution is -2.32. The molecule has 0 aromatic heterocycles. The fourth-order valence-electron chi connectivity index (χ4n) is 1.49. The minimum Gasteiger partial charge on any atom is -0.378 e. The summed E-state index contributed by atoms with van der Waals surface area (Å²) in [6.07, 6.45) is 1.34. The molecule has 0 spiro atoms. The summed E-state index contributed by atoms with van der Waals surface area (Å²) in [6, 6.07) is 6.76. The molecule has 1 aromatic rings. The van der Waals surface area contributed by atoms with Gasteiger partial charge >= 0.3 is 0 Å². The number of halogens is 1. The Morgan fingerprint density at radius 3 is 2.59 bits per heavy atom. The number of Topliss-reactive ketones (excluding diaryl/α,β-unsaturated/α-hetero) is 1. The average molecular weight is 253 g/mol. The van der Waals surface area contributed by atoms with Gasteiger partial charge in [-0.3, -0.25) is 9.80 Å². The van der Waals surface area contributed by atoms with Crippen LogP contribution in [0.1, 0.15) is 10.4 Å². The maximum atomic E-state index is 11.7. The highest BCUT2D eigenvalue weighted by molar-refractivity contribution is 6.35. The molecule has 0 saturated carbocycles. The van der Waals surface area contributed by atoms with Crippen molar-refractivity contribution in [1.82, 2.24) is 5.01 Å². The number of carbonyl (C=O) groups excluding carboxylic acids is 1. The van der Waals surface area contributed by atoms with Gasteiger partial charge in [-0.25, -0.2) is 0 Å². The highest BCUT2D eigenvalue weighted by atomic mass is 35.5. The zero-order chi connectivity index (χ0) is 12.1. The molecule has 2 rings (SSSR count). The van der Waals surface area contributed by atoms with Crippen LogP contribution in [0.15, 0.2) is 29.4 Å². The first-order chi connectivity index (χ1) is 8.25. The zero-order valence-corrected chi connectivity index (χ0v) is 10.1.